The molecule has 0 radical (unpaired) electrons. The molecule has 0 N–H and O–H groups in total. The van der Waals surface area contributed by atoms with Gasteiger partial charge < -0.3 is 4.74 Å². The van der Waals surface area contributed by atoms with Crippen LogP contribution in [0.1, 0.15) is 16.7 Å². The largest absolute Gasteiger partial charge is 0.481 e. The summed E-state index contributed by atoms with van der Waals surface area (Å²) in [6.45, 7) is 0. The van der Waals surface area contributed by atoms with Crippen LogP contribution in [-0.4, -0.2) is 21.9 Å². The summed E-state index contributed by atoms with van der Waals surface area (Å²) in [5.74, 6) is 0.578. The summed E-state index contributed by atoms with van der Waals surface area (Å²) in [4.78, 5) is 4.70. The van der Waals surface area contributed by atoms with Gasteiger partial charge in [0.2, 0.25) is 5.88 Å². The normalized spacial score (nSPS) is 11.5. The van der Waals surface area contributed by atoms with E-state index in [1.165, 1.54) is 0 Å². The monoisotopic (exact) mass is 517 g/mol. The second kappa shape index (κ2) is 8.15. The zero-order chi connectivity index (χ0) is 21.3. The highest BCUT2D eigenvalue weighted by molar-refractivity contribution is 14.1. The minimum Gasteiger partial charge on any atom is -0.481 e. The molecule has 0 aliphatic rings. The van der Waals surface area contributed by atoms with Crippen LogP contribution in [-0.2, 0) is 5.54 Å². The fraction of sp³-hybridized carbons (Fsp3) is 0.0769. The zero-order valence-electron chi connectivity index (χ0n) is 16.9. The van der Waals surface area contributed by atoms with Crippen LogP contribution in [0.4, 0.5) is 0 Å². The molecule has 0 saturated carbocycles. The first-order valence-electron chi connectivity index (χ1n) is 10.0. The first kappa shape index (κ1) is 19.8. The lowest BCUT2D eigenvalue weighted by atomic mass is 9.77. The van der Waals surface area contributed by atoms with Gasteiger partial charge in [-0.3, -0.25) is 0 Å². The summed E-state index contributed by atoms with van der Waals surface area (Å²) in [5, 5.41) is 5.05. The molecule has 0 fully saturated rings. The Morgan fingerprint density at radius 3 is 1.65 bits per heavy atom. The van der Waals surface area contributed by atoms with Crippen LogP contribution >= 0.6 is 22.6 Å². The van der Waals surface area contributed by atoms with E-state index in [4.69, 9.17) is 14.8 Å². The molecule has 0 atom stereocenters. The van der Waals surface area contributed by atoms with Crippen LogP contribution in [0.5, 0.6) is 5.88 Å². The van der Waals surface area contributed by atoms with Gasteiger partial charge in [0.25, 0.3) is 0 Å². The molecule has 3 aromatic carbocycles. The molecule has 152 valence electrons. The number of benzene rings is 3. The SMILES string of the molecule is COc1ccc2c(n1)c(I)nn2C(c1ccccc1)(c1ccccc1)c1ccccc1. The van der Waals surface area contributed by atoms with Crippen molar-refractivity contribution in [3.05, 3.63) is 124 Å². The Balaban J connectivity index is 1.96. The summed E-state index contributed by atoms with van der Waals surface area (Å²) in [6, 6.07) is 35.5. The fourth-order valence-corrected chi connectivity index (χ4v) is 4.83. The number of ether oxygens (including phenoxy) is 1. The van der Waals surface area contributed by atoms with Gasteiger partial charge in [-0.05, 0) is 45.3 Å². The molecule has 2 aromatic heterocycles. The molecule has 5 rings (SSSR count). The maximum Gasteiger partial charge on any atom is 0.213 e. The van der Waals surface area contributed by atoms with Gasteiger partial charge in [0.1, 0.15) is 14.8 Å². The number of aromatic nitrogens is 3. The Kier molecular flexibility index (Phi) is 5.19. The third kappa shape index (κ3) is 3.20. The number of pyridine rings is 1. The first-order chi connectivity index (χ1) is 15.2. The maximum atomic E-state index is 5.37. The first-order valence-corrected chi connectivity index (χ1v) is 11.1. The second-order valence-corrected chi connectivity index (χ2v) is 8.25. The molecule has 0 saturated heterocycles. The molecule has 2 heterocycles. The van der Waals surface area contributed by atoms with E-state index >= 15 is 0 Å². The van der Waals surface area contributed by atoms with Crippen molar-refractivity contribution in [1.82, 2.24) is 14.8 Å². The molecule has 0 unspecified atom stereocenters. The van der Waals surface area contributed by atoms with Crippen molar-refractivity contribution in [3.63, 3.8) is 0 Å². The number of fused-ring (bicyclic) bond motifs is 1. The van der Waals surface area contributed by atoms with Gasteiger partial charge in [0.05, 0.1) is 12.6 Å². The lowest BCUT2D eigenvalue weighted by Crippen LogP contribution is -2.38. The van der Waals surface area contributed by atoms with E-state index in [1.54, 1.807) is 7.11 Å². The minimum atomic E-state index is -0.665. The number of halogens is 1. The maximum absolute atomic E-state index is 5.37. The summed E-state index contributed by atoms with van der Waals surface area (Å²) >= 11 is 2.26. The average Bonchev–Trinajstić information content (AvgIpc) is 3.17. The predicted molar refractivity (Wildman–Crippen MR) is 131 cm³/mol. The molecule has 0 aliphatic carbocycles. The standard InChI is InChI=1S/C26H20IN3O/c1-31-23-18-17-22-24(28-23)25(27)29-30(22)26(19-11-5-2-6-12-19,20-13-7-3-8-14-20)21-15-9-4-10-16-21/h2-18H,1H3. The van der Waals surface area contributed by atoms with E-state index in [2.05, 4.69) is 100 Å². The van der Waals surface area contributed by atoms with Gasteiger partial charge in [-0.2, -0.15) is 5.10 Å². The molecule has 0 spiro atoms. The topological polar surface area (TPSA) is 39.9 Å². The van der Waals surface area contributed by atoms with E-state index in [-0.39, 0.29) is 0 Å². The van der Waals surface area contributed by atoms with E-state index in [9.17, 15) is 0 Å². The number of methoxy groups -OCH3 is 1. The number of nitrogens with zero attached hydrogens (tertiary/aromatic N) is 3. The quantitative estimate of drug-likeness (QED) is 0.216. The van der Waals surface area contributed by atoms with Gasteiger partial charge in [-0.15, -0.1) is 0 Å². The third-order valence-corrected chi connectivity index (χ3v) is 6.29. The van der Waals surface area contributed by atoms with Crippen LogP contribution in [0.25, 0.3) is 11.0 Å². The summed E-state index contributed by atoms with van der Waals surface area (Å²) in [6.07, 6.45) is 0. The molecular formula is C26H20IN3O. The van der Waals surface area contributed by atoms with Gasteiger partial charge in [-0.1, -0.05) is 91.0 Å². The minimum absolute atomic E-state index is 0.578. The van der Waals surface area contributed by atoms with Gasteiger partial charge in [-0.25, -0.2) is 9.67 Å². The smallest absolute Gasteiger partial charge is 0.213 e. The Morgan fingerprint density at radius 1 is 0.710 bits per heavy atom. The Labute approximate surface area is 194 Å². The molecule has 0 aliphatic heterocycles. The lowest BCUT2D eigenvalue weighted by Gasteiger charge is -2.36. The summed E-state index contributed by atoms with van der Waals surface area (Å²) in [5.41, 5.74) is 4.49. The second-order valence-electron chi connectivity index (χ2n) is 7.23. The van der Waals surface area contributed by atoms with Crippen LogP contribution in [0.15, 0.2) is 103 Å². The average molecular weight is 517 g/mol. The van der Waals surface area contributed by atoms with Crippen LogP contribution in [0, 0.1) is 3.70 Å². The Morgan fingerprint density at radius 2 is 1.19 bits per heavy atom. The van der Waals surface area contributed by atoms with Crippen LogP contribution < -0.4 is 4.74 Å². The van der Waals surface area contributed by atoms with Crippen molar-refractivity contribution in [1.29, 1.82) is 0 Å². The van der Waals surface area contributed by atoms with Gasteiger partial charge >= 0.3 is 0 Å². The molecule has 31 heavy (non-hydrogen) atoms. The highest BCUT2D eigenvalue weighted by Crippen LogP contribution is 2.42. The fourth-order valence-electron chi connectivity index (χ4n) is 4.22. The number of rotatable bonds is 5. The van der Waals surface area contributed by atoms with Crippen molar-refractivity contribution >= 4 is 33.6 Å². The zero-order valence-corrected chi connectivity index (χ0v) is 19.1. The van der Waals surface area contributed by atoms with E-state index < -0.39 is 5.54 Å². The van der Waals surface area contributed by atoms with Crippen molar-refractivity contribution < 1.29 is 4.74 Å². The lowest BCUT2D eigenvalue weighted by molar-refractivity contribution is 0.399. The highest BCUT2D eigenvalue weighted by Gasteiger charge is 2.40. The Hall–Kier alpha value is -3.19. The van der Waals surface area contributed by atoms with Crippen molar-refractivity contribution in [3.8, 4) is 5.88 Å². The van der Waals surface area contributed by atoms with Crippen molar-refractivity contribution in [2.24, 2.45) is 0 Å². The summed E-state index contributed by atoms with van der Waals surface area (Å²) < 4.78 is 8.31. The van der Waals surface area contributed by atoms with E-state index in [0.29, 0.717) is 5.88 Å². The highest BCUT2D eigenvalue weighted by atomic mass is 127. The molecule has 0 amide bonds. The number of hydrogen-bond acceptors (Lipinski definition) is 3. The molecule has 4 nitrogen and oxygen atoms in total. The van der Waals surface area contributed by atoms with Gasteiger partial charge in [0.15, 0.2) is 0 Å². The van der Waals surface area contributed by atoms with E-state index in [0.717, 1.165) is 31.4 Å². The van der Waals surface area contributed by atoms with E-state index in [1.807, 2.05) is 30.3 Å². The number of hydrogen-bond donors (Lipinski definition) is 0. The molecule has 5 aromatic rings. The summed E-state index contributed by atoms with van der Waals surface area (Å²) in [7, 11) is 1.63. The van der Waals surface area contributed by atoms with Crippen LogP contribution in [0.3, 0.4) is 0 Å². The molecular weight excluding hydrogens is 497 g/mol. The Bertz CT molecular complexity index is 1220. The van der Waals surface area contributed by atoms with Gasteiger partial charge in [0, 0.05) is 6.07 Å². The molecule has 0 bridgehead atoms. The van der Waals surface area contributed by atoms with Crippen molar-refractivity contribution in [2.45, 2.75) is 5.54 Å². The molecule has 5 heteroatoms. The van der Waals surface area contributed by atoms with Crippen molar-refractivity contribution in [2.75, 3.05) is 7.11 Å². The third-order valence-electron chi connectivity index (χ3n) is 5.56. The van der Waals surface area contributed by atoms with Crippen LogP contribution in [0.2, 0.25) is 0 Å². The predicted octanol–water partition coefficient (Wildman–Crippen LogP) is 5.88.